The number of benzene rings is 1. The average Bonchev–Trinajstić information content (AvgIpc) is 2.99. The lowest BCUT2D eigenvalue weighted by molar-refractivity contribution is -0.145. The fourth-order valence-electron chi connectivity index (χ4n) is 8.92. The van der Waals surface area contributed by atoms with E-state index in [0.717, 1.165) is 87.7 Å². The van der Waals surface area contributed by atoms with Gasteiger partial charge < -0.3 is 25.7 Å². The van der Waals surface area contributed by atoms with Crippen LogP contribution in [0, 0.1) is 29.1 Å². The van der Waals surface area contributed by atoms with Crippen molar-refractivity contribution in [3.63, 3.8) is 0 Å². The number of nitrogens with one attached hydrogen (secondary N) is 1. The van der Waals surface area contributed by atoms with Gasteiger partial charge in [0, 0.05) is 50.7 Å². The van der Waals surface area contributed by atoms with Gasteiger partial charge in [-0.15, -0.1) is 0 Å². The number of carbonyl (C=O) groups excluding carboxylic acids is 2. The molecule has 4 aliphatic carbocycles. The first-order valence-electron chi connectivity index (χ1n) is 16.1. The van der Waals surface area contributed by atoms with Gasteiger partial charge in [-0.1, -0.05) is 26.0 Å². The highest BCUT2D eigenvalue weighted by atomic mass is 16.7. The van der Waals surface area contributed by atoms with E-state index < -0.39 is 6.09 Å². The number of aromatic nitrogens is 1. The summed E-state index contributed by atoms with van der Waals surface area (Å²) in [5, 5.41) is 4.90. The maximum Gasteiger partial charge on any atom is 0.431 e. The van der Waals surface area contributed by atoms with Crippen molar-refractivity contribution in [2.24, 2.45) is 34.8 Å². The molecular formula is C33H45N7O3. The molecule has 3 heterocycles. The quantitative estimate of drug-likeness (QED) is 0.498. The number of nitrogens with two attached hydrogens (primary N) is 1. The molecule has 3 N–H and O–H groups in total. The summed E-state index contributed by atoms with van der Waals surface area (Å²) in [5.74, 6) is 2.53. The second kappa shape index (κ2) is 11.2. The van der Waals surface area contributed by atoms with Crippen LogP contribution in [0.4, 0.5) is 27.7 Å². The normalized spacial score (nSPS) is 30.0. The highest BCUT2D eigenvalue weighted by molar-refractivity contribution is 5.82. The number of anilines is 4. The Morgan fingerprint density at radius 2 is 1.70 bits per heavy atom. The number of hydrogen-bond donors (Lipinski definition) is 2. The van der Waals surface area contributed by atoms with E-state index in [2.05, 4.69) is 46.0 Å². The van der Waals surface area contributed by atoms with Gasteiger partial charge in [0.2, 0.25) is 5.91 Å². The number of rotatable bonds is 7. The Kier molecular flexibility index (Phi) is 7.35. The van der Waals surface area contributed by atoms with Crippen molar-refractivity contribution in [3.8, 4) is 0 Å². The van der Waals surface area contributed by atoms with E-state index in [0.29, 0.717) is 24.9 Å². The number of amides is 2. The molecule has 1 saturated heterocycles. The first-order chi connectivity index (χ1) is 20.8. The van der Waals surface area contributed by atoms with Crippen molar-refractivity contribution in [1.82, 2.24) is 15.2 Å². The maximum atomic E-state index is 13.2. The minimum absolute atomic E-state index is 0.0361. The molecule has 2 amide bonds. The first-order valence-corrected chi connectivity index (χ1v) is 16.1. The van der Waals surface area contributed by atoms with Gasteiger partial charge in [-0.3, -0.25) is 9.69 Å². The smallest absolute Gasteiger partial charge is 0.369 e. The van der Waals surface area contributed by atoms with Gasteiger partial charge in [0.25, 0.3) is 0 Å². The summed E-state index contributed by atoms with van der Waals surface area (Å²) < 4.78 is 0. The Labute approximate surface area is 254 Å². The largest absolute Gasteiger partial charge is 0.431 e. The maximum absolute atomic E-state index is 13.2. The summed E-state index contributed by atoms with van der Waals surface area (Å²) >= 11 is 0. The van der Waals surface area contributed by atoms with E-state index in [1.807, 2.05) is 30.5 Å². The number of primary amides is 1. The summed E-state index contributed by atoms with van der Waals surface area (Å²) in [6.45, 7) is 11.1. The third-order valence-electron chi connectivity index (χ3n) is 10.6. The Balaban J connectivity index is 0.992. The fraction of sp³-hybridized carbons (Fsp3) is 0.606. The lowest BCUT2D eigenvalue weighted by Crippen LogP contribution is -2.62. The zero-order valence-electron chi connectivity index (χ0n) is 25.5. The van der Waals surface area contributed by atoms with Crippen molar-refractivity contribution in [2.75, 3.05) is 60.7 Å². The van der Waals surface area contributed by atoms with Crippen LogP contribution in [0.3, 0.4) is 0 Å². The summed E-state index contributed by atoms with van der Waals surface area (Å²) in [4.78, 5) is 43.5. The lowest BCUT2D eigenvalue weighted by atomic mass is 9.47. The molecule has 6 aliphatic rings. The van der Waals surface area contributed by atoms with Crippen molar-refractivity contribution < 1.29 is 14.4 Å². The first kappa shape index (κ1) is 28.3. The minimum atomic E-state index is -0.426. The lowest BCUT2D eigenvalue weighted by Gasteiger charge is -2.58. The molecule has 43 heavy (non-hydrogen) atoms. The van der Waals surface area contributed by atoms with E-state index in [1.165, 1.54) is 0 Å². The molecule has 5 atom stereocenters. The summed E-state index contributed by atoms with van der Waals surface area (Å²) in [7, 11) is 0. The Bertz CT molecular complexity index is 1330. The van der Waals surface area contributed by atoms with Crippen molar-refractivity contribution in [1.29, 1.82) is 0 Å². The third kappa shape index (κ3) is 5.39. The van der Waals surface area contributed by atoms with Gasteiger partial charge in [0.15, 0.2) is 0 Å². The van der Waals surface area contributed by atoms with Crippen LogP contribution in [-0.2, 0) is 9.63 Å². The molecule has 8 rings (SSSR count). The zero-order chi connectivity index (χ0) is 29.7. The molecule has 4 bridgehead atoms. The van der Waals surface area contributed by atoms with E-state index in [1.54, 1.807) is 5.06 Å². The van der Waals surface area contributed by atoms with Crippen molar-refractivity contribution >= 4 is 34.9 Å². The number of hydroxylamine groups is 1. The number of para-hydroxylation sites is 2. The van der Waals surface area contributed by atoms with Gasteiger partial charge in [0.1, 0.15) is 5.82 Å². The van der Waals surface area contributed by atoms with Gasteiger partial charge in [-0.2, -0.15) is 0 Å². The number of nitrogens with zero attached hydrogens (tertiary/aromatic N) is 5. The van der Waals surface area contributed by atoms with Gasteiger partial charge >= 0.3 is 6.09 Å². The van der Waals surface area contributed by atoms with Crippen LogP contribution in [0.1, 0.15) is 46.0 Å². The molecule has 1 aromatic carbocycles. The van der Waals surface area contributed by atoms with E-state index >= 15 is 0 Å². The zero-order valence-corrected chi connectivity index (χ0v) is 25.5. The molecule has 230 valence electrons. The van der Waals surface area contributed by atoms with Crippen molar-refractivity contribution in [3.05, 3.63) is 42.6 Å². The SMILES string of the molecule is CC(C)CN1CCN(c2ccc(N3CCN(OC(=O)NC4[C@@H]5CC6C[C@H]4CC(C(N)=O)(C6)C5)c4ccccc43)nc2)CC1. The topological polar surface area (TPSA) is 107 Å². The number of carbonyl (C=O) groups is 2. The van der Waals surface area contributed by atoms with Crippen LogP contribution in [0.2, 0.25) is 0 Å². The summed E-state index contributed by atoms with van der Waals surface area (Å²) in [6.07, 6.45) is 6.14. The molecule has 1 aromatic heterocycles. The van der Waals surface area contributed by atoms with Crippen molar-refractivity contribution in [2.45, 2.75) is 52.0 Å². The van der Waals surface area contributed by atoms with Crippen LogP contribution < -0.4 is 25.9 Å². The number of fused-ring (bicyclic) bond motifs is 1. The predicted molar refractivity (Wildman–Crippen MR) is 167 cm³/mol. The summed E-state index contributed by atoms with van der Waals surface area (Å²) in [5.41, 5.74) is 8.44. The highest BCUT2D eigenvalue weighted by Crippen LogP contribution is 2.60. The molecule has 0 radical (unpaired) electrons. The van der Waals surface area contributed by atoms with E-state index in [4.69, 9.17) is 15.6 Å². The molecule has 2 aromatic rings. The minimum Gasteiger partial charge on any atom is -0.369 e. The Hall–Kier alpha value is -3.53. The molecule has 3 unspecified atom stereocenters. The van der Waals surface area contributed by atoms with E-state index in [9.17, 15) is 9.59 Å². The van der Waals surface area contributed by atoms with Gasteiger partial charge in [-0.25, -0.2) is 14.8 Å². The van der Waals surface area contributed by atoms with Gasteiger partial charge in [-0.05, 0) is 80.0 Å². The molecule has 10 heteroatoms. The van der Waals surface area contributed by atoms with Crippen LogP contribution in [0.25, 0.3) is 0 Å². The van der Waals surface area contributed by atoms with Gasteiger partial charge in [0.05, 0.1) is 29.8 Å². The Morgan fingerprint density at radius 3 is 2.35 bits per heavy atom. The Morgan fingerprint density at radius 1 is 0.977 bits per heavy atom. The number of pyridine rings is 1. The molecule has 4 saturated carbocycles. The molecule has 2 aliphatic heterocycles. The highest BCUT2D eigenvalue weighted by Gasteiger charge is 2.58. The molecule has 10 nitrogen and oxygen atoms in total. The summed E-state index contributed by atoms with van der Waals surface area (Å²) in [6, 6.07) is 12.3. The molecule has 0 spiro atoms. The molecular weight excluding hydrogens is 542 g/mol. The second-order valence-corrected chi connectivity index (χ2v) is 14.0. The standard InChI is InChI=1S/C33H45N7O3/c1-22(2)21-37-9-11-38(12-10-37)26-7-8-29(35-20-26)39-13-14-40(28-6-4-3-5-27(28)39)43-32(42)36-30-24-15-23-16-25(30)19-33(17-23,18-24)31(34)41/h3-8,20,22-25,30H,9-19,21H2,1-2H3,(H2,34,41)(H,36,42)/t23?,24-,25+,30?,33?. The average molecular weight is 588 g/mol. The van der Waals surface area contributed by atoms with E-state index in [-0.39, 0.29) is 29.2 Å². The monoisotopic (exact) mass is 587 g/mol. The fourth-order valence-corrected chi connectivity index (χ4v) is 8.92. The van der Waals surface area contributed by atoms with Crippen LogP contribution in [-0.4, -0.2) is 73.7 Å². The van der Waals surface area contributed by atoms with Crippen LogP contribution in [0.15, 0.2) is 42.6 Å². The number of hydrogen-bond acceptors (Lipinski definition) is 8. The second-order valence-electron chi connectivity index (χ2n) is 14.0. The molecule has 5 fully saturated rings. The predicted octanol–water partition coefficient (Wildman–Crippen LogP) is 4.14. The van der Waals surface area contributed by atoms with Crippen LogP contribution >= 0.6 is 0 Å². The third-order valence-corrected chi connectivity index (χ3v) is 10.6. The van der Waals surface area contributed by atoms with Crippen LogP contribution in [0.5, 0.6) is 0 Å². The number of piperazine rings is 1.